The fraction of sp³-hybridized carbons (Fsp3) is 0.743. The summed E-state index contributed by atoms with van der Waals surface area (Å²) in [5.74, 6) is -0.871. The second-order valence-corrected chi connectivity index (χ2v) is 22.7. The van der Waals surface area contributed by atoms with Crippen LogP contribution in [0.15, 0.2) is 97.2 Å². The van der Waals surface area contributed by atoms with Crippen LogP contribution in [0.1, 0.15) is 335 Å². The summed E-state index contributed by atoms with van der Waals surface area (Å²) in [4.78, 5) is 38.3. The molecule has 6 nitrogen and oxygen atoms in total. The van der Waals surface area contributed by atoms with E-state index in [2.05, 4.69) is 118 Å². The largest absolute Gasteiger partial charge is 0.462 e. The van der Waals surface area contributed by atoms with Crippen LogP contribution in [0.3, 0.4) is 0 Å². The summed E-state index contributed by atoms with van der Waals surface area (Å²) in [6, 6.07) is 0. The number of rotatable bonds is 62. The zero-order valence-corrected chi connectivity index (χ0v) is 52.8. The van der Waals surface area contributed by atoms with E-state index in [0.717, 1.165) is 109 Å². The third kappa shape index (κ3) is 65.1. The monoisotopic (exact) mass is 1110 g/mol. The lowest BCUT2D eigenvalue weighted by Crippen LogP contribution is -2.30. The highest BCUT2D eigenvalue weighted by molar-refractivity contribution is 5.71. The first-order valence-electron chi connectivity index (χ1n) is 34.2. The molecule has 0 saturated heterocycles. The number of ether oxygens (including phenoxy) is 3. The highest BCUT2D eigenvalue weighted by Gasteiger charge is 2.19. The van der Waals surface area contributed by atoms with Crippen LogP contribution in [0.4, 0.5) is 0 Å². The van der Waals surface area contributed by atoms with Crippen LogP contribution in [0, 0.1) is 0 Å². The Labute approximate surface area is 496 Å². The molecule has 0 aliphatic carbocycles. The van der Waals surface area contributed by atoms with Gasteiger partial charge in [-0.05, 0) is 103 Å². The van der Waals surface area contributed by atoms with E-state index in [1.54, 1.807) is 0 Å². The lowest BCUT2D eigenvalue weighted by Gasteiger charge is -2.18. The summed E-state index contributed by atoms with van der Waals surface area (Å²) in [6.07, 6.45) is 91.4. The summed E-state index contributed by atoms with van der Waals surface area (Å²) in [5, 5.41) is 0. The maximum atomic E-state index is 12.9. The molecule has 0 N–H and O–H groups in total. The Morgan fingerprint density at radius 3 is 0.775 bits per heavy atom. The highest BCUT2D eigenvalue weighted by atomic mass is 16.6. The number of unbranched alkanes of at least 4 members (excludes halogenated alkanes) is 35. The van der Waals surface area contributed by atoms with Gasteiger partial charge in [0.05, 0.1) is 0 Å². The van der Waals surface area contributed by atoms with E-state index in [0.29, 0.717) is 19.3 Å². The smallest absolute Gasteiger partial charge is 0.306 e. The quantitative estimate of drug-likeness (QED) is 0.0261. The summed E-state index contributed by atoms with van der Waals surface area (Å²) in [7, 11) is 0. The zero-order valence-electron chi connectivity index (χ0n) is 52.8. The SMILES string of the molecule is CC/C=C\C/C=C\C/C=C\C/C=C\C/C=C\C/C=C\CCCCCCCCCCCCCCCCC(=O)OCC(COC(=O)CCCCCCCCCCCCC)OC(=O)CCCCCCCCC/C=C\C/C=C\CCCCCC. The third-order valence-corrected chi connectivity index (χ3v) is 14.8. The van der Waals surface area contributed by atoms with Crippen molar-refractivity contribution in [2.75, 3.05) is 13.2 Å². The average molecular weight is 1110 g/mol. The van der Waals surface area contributed by atoms with E-state index >= 15 is 0 Å². The Morgan fingerprint density at radius 2 is 0.487 bits per heavy atom. The molecule has 0 amide bonds. The maximum Gasteiger partial charge on any atom is 0.306 e. The molecule has 0 aromatic heterocycles. The van der Waals surface area contributed by atoms with Gasteiger partial charge in [-0.2, -0.15) is 0 Å². The van der Waals surface area contributed by atoms with Crippen molar-refractivity contribution < 1.29 is 28.6 Å². The average Bonchev–Trinajstić information content (AvgIpc) is 3.46. The van der Waals surface area contributed by atoms with Gasteiger partial charge < -0.3 is 14.2 Å². The van der Waals surface area contributed by atoms with Crippen LogP contribution in [-0.4, -0.2) is 37.2 Å². The minimum absolute atomic E-state index is 0.0762. The van der Waals surface area contributed by atoms with Crippen molar-refractivity contribution in [3.63, 3.8) is 0 Å². The van der Waals surface area contributed by atoms with Gasteiger partial charge in [-0.1, -0.05) is 311 Å². The van der Waals surface area contributed by atoms with Gasteiger partial charge in [-0.25, -0.2) is 0 Å². The lowest BCUT2D eigenvalue weighted by molar-refractivity contribution is -0.167. The topological polar surface area (TPSA) is 78.9 Å². The van der Waals surface area contributed by atoms with Crippen LogP contribution in [0.25, 0.3) is 0 Å². The summed E-state index contributed by atoms with van der Waals surface area (Å²) in [6.45, 7) is 6.53. The predicted molar refractivity (Wildman–Crippen MR) is 348 cm³/mol. The predicted octanol–water partition coefficient (Wildman–Crippen LogP) is 23.6. The van der Waals surface area contributed by atoms with E-state index < -0.39 is 6.10 Å². The minimum Gasteiger partial charge on any atom is -0.462 e. The normalized spacial score (nSPS) is 12.7. The van der Waals surface area contributed by atoms with E-state index in [4.69, 9.17) is 14.2 Å². The zero-order chi connectivity index (χ0) is 57.8. The molecule has 0 bridgehead atoms. The molecule has 1 unspecified atom stereocenters. The number of hydrogen-bond donors (Lipinski definition) is 0. The molecule has 0 heterocycles. The van der Waals surface area contributed by atoms with Crippen molar-refractivity contribution in [1.82, 2.24) is 0 Å². The lowest BCUT2D eigenvalue weighted by atomic mass is 10.0. The van der Waals surface area contributed by atoms with Crippen LogP contribution in [0.5, 0.6) is 0 Å². The molecule has 460 valence electrons. The highest BCUT2D eigenvalue weighted by Crippen LogP contribution is 2.17. The van der Waals surface area contributed by atoms with Gasteiger partial charge in [0.15, 0.2) is 6.10 Å². The van der Waals surface area contributed by atoms with Crippen molar-refractivity contribution in [2.45, 2.75) is 341 Å². The van der Waals surface area contributed by atoms with E-state index in [9.17, 15) is 14.4 Å². The molecule has 6 heteroatoms. The fourth-order valence-corrected chi connectivity index (χ4v) is 9.71. The van der Waals surface area contributed by atoms with Gasteiger partial charge in [0.1, 0.15) is 13.2 Å². The molecule has 0 aromatic carbocycles. The first-order chi connectivity index (χ1) is 39.5. The van der Waals surface area contributed by atoms with Gasteiger partial charge in [-0.3, -0.25) is 14.4 Å². The van der Waals surface area contributed by atoms with Gasteiger partial charge in [-0.15, -0.1) is 0 Å². The number of carbonyl (C=O) groups excluding carboxylic acids is 3. The fourth-order valence-electron chi connectivity index (χ4n) is 9.71. The Morgan fingerprint density at radius 1 is 0.263 bits per heavy atom. The Kier molecular flexibility index (Phi) is 64.7. The standard InChI is InChI=1S/C74H128O6/c1-4-7-10-13-16-19-22-24-26-28-30-31-32-33-34-35-36-37-38-39-40-41-42-43-44-46-47-49-52-55-58-61-64-67-73(76)79-70-71(69-78-72(75)66-63-60-57-54-51-21-18-15-12-9-6-3)80-74(77)68-65-62-59-56-53-50-48-45-29-27-25-23-20-17-14-11-8-5-2/h7,10,16,19-20,23-24,26-27,29-31,33-34,36-37,71H,4-6,8-9,11-15,17-18,21-22,25,28,32,35,38-70H2,1-3H3/b10-7-,19-16-,23-20-,26-24-,29-27-,31-30-,34-33-,37-36-. The van der Waals surface area contributed by atoms with E-state index in [1.165, 1.54) is 186 Å². The minimum atomic E-state index is -0.780. The van der Waals surface area contributed by atoms with Gasteiger partial charge in [0.25, 0.3) is 0 Å². The molecular formula is C74H128O6. The van der Waals surface area contributed by atoms with Crippen molar-refractivity contribution in [3.8, 4) is 0 Å². The molecule has 0 rings (SSSR count). The molecule has 0 saturated carbocycles. The molecular weight excluding hydrogens is 985 g/mol. The van der Waals surface area contributed by atoms with Gasteiger partial charge in [0, 0.05) is 19.3 Å². The second kappa shape index (κ2) is 67.8. The molecule has 0 aliphatic rings. The molecule has 0 spiro atoms. The molecule has 1 atom stereocenters. The van der Waals surface area contributed by atoms with Crippen molar-refractivity contribution in [1.29, 1.82) is 0 Å². The first kappa shape index (κ1) is 76.3. The summed E-state index contributed by atoms with van der Waals surface area (Å²) < 4.78 is 16.9. The van der Waals surface area contributed by atoms with Crippen LogP contribution < -0.4 is 0 Å². The van der Waals surface area contributed by atoms with Crippen molar-refractivity contribution in [3.05, 3.63) is 97.2 Å². The van der Waals surface area contributed by atoms with Crippen LogP contribution in [0.2, 0.25) is 0 Å². The van der Waals surface area contributed by atoms with Crippen LogP contribution >= 0.6 is 0 Å². The number of carbonyl (C=O) groups is 3. The Bertz CT molecular complexity index is 1560. The molecule has 80 heavy (non-hydrogen) atoms. The third-order valence-electron chi connectivity index (χ3n) is 14.8. The molecule has 0 fully saturated rings. The number of allylic oxidation sites excluding steroid dienone is 16. The number of esters is 3. The van der Waals surface area contributed by atoms with Crippen molar-refractivity contribution >= 4 is 17.9 Å². The maximum absolute atomic E-state index is 12.9. The Balaban J connectivity index is 4.17. The molecule has 0 aliphatic heterocycles. The van der Waals surface area contributed by atoms with Gasteiger partial charge >= 0.3 is 17.9 Å². The van der Waals surface area contributed by atoms with E-state index in [-0.39, 0.29) is 31.1 Å². The molecule has 0 radical (unpaired) electrons. The first-order valence-corrected chi connectivity index (χ1v) is 34.2. The summed E-state index contributed by atoms with van der Waals surface area (Å²) >= 11 is 0. The Hall–Kier alpha value is -3.67. The van der Waals surface area contributed by atoms with Crippen molar-refractivity contribution in [2.24, 2.45) is 0 Å². The van der Waals surface area contributed by atoms with Crippen LogP contribution in [-0.2, 0) is 28.6 Å². The summed E-state index contributed by atoms with van der Waals surface area (Å²) in [5.41, 5.74) is 0. The van der Waals surface area contributed by atoms with Gasteiger partial charge in [0.2, 0.25) is 0 Å². The van der Waals surface area contributed by atoms with E-state index in [1.807, 2.05) is 0 Å². The number of hydrogen-bond acceptors (Lipinski definition) is 6. The molecule has 0 aromatic rings. The second-order valence-electron chi connectivity index (χ2n) is 22.7.